The second-order valence-corrected chi connectivity index (χ2v) is 3.62. The predicted molar refractivity (Wildman–Crippen MR) is 71.0 cm³/mol. The number of hydrogen-bond donors (Lipinski definition) is 0. The predicted octanol–water partition coefficient (Wildman–Crippen LogP) is 2.73. The Bertz CT molecular complexity index is 383. The highest BCUT2D eigenvalue weighted by Crippen LogP contribution is 2.28. The summed E-state index contributed by atoms with van der Waals surface area (Å²) in [5.41, 5.74) is 1.07. The summed E-state index contributed by atoms with van der Waals surface area (Å²) in [6.07, 6.45) is 3.59. The van der Waals surface area contributed by atoms with Gasteiger partial charge in [-0.1, -0.05) is 18.2 Å². The Morgan fingerprint density at radius 1 is 1.11 bits per heavy atom. The number of rotatable bonds is 7. The van der Waals surface area contributed by atoms with Gasteiger partial charge < -0.3 is 18.9 Å². The van der Waals surface area contributed by atoms with Crippen molar-refractivity contribution < 1.29 is 18.9 Å². The Morgan fingerprint density at radius 3 is 2.39 bits per heavy atom. The van der Waals surface area contributed by atoms with Gasteiger partial charge in [-0.2, -0.15) is 0 Å². The van der Waals surface area contributed by atoms with Gasteiger partial charge in [-0.05, 0) is 24.6 Å². The molecule has 0 spiro atoms. The molecule has 0 aliphatic rings. The number of benzene rings is 1. The molecule has 0 aliphatic carbocycles. The van der Waals surface area contributed by atoms with Crippen molar-refractivity contribution in [2.75, 3.05) is 27.9 Å². The normalized spacial score (nSPS) is 11.2. The Morgan fingerprint density at radius 2 is 1.83 bits per heavy atom. The molecule has 18 heavy (non-hydrogen) atoms. The summed E-state index contributed by atoms with van der Waals surface area (Å²) in [6.45, 7) is 2.28. The third-order valence-corrected chi connectivity index (χ3v) is 2.45. The summed E-state index contributed by atoms with van der Waals surface area (Å²) in [6, 6.07) is 5.76. The molecule has 0 aromatic heterocycles. The highest BCUT2D eigenvalue weighted by atomic mass is 16.7. The average molecular weight is 252 g/mol. The van der Waals surface area contributed by atoms with Gasteiger partial charge in [0.2, 0.25) is 0 Å². The Labute approximate surface area is 108 Å². The van der Waals surface area contributed by atoms with Gasteiger partial charge in [-0.15, -0.1) is 0 Å². The van der Waals surface area contributed by atoms with Crippen LogP contribution in [0.15, 0.2) is 24.3 Å². The number of hydrogen-bond acceptors (Lipinski definition) is 4. The quantitative estimate of drug-likeness (QED) is 0.699. The summed E-state index contributed by atoms with van der Waals surface area (Å²) in [5.74, 6) is 1.36. The van der Waals surface area contributed by atoms with Crippen LogP contribution >= 0.6 is 0 Å². The van der Waals surface area contributed by atoms with Crippen LogP contribution in [0.25, 0.3) is 6.08 Å². The van der Waals surface area contributed by atoms with E-state index in [0.29, 0.717) is 18.1 Å². The van der Waals surface area contributed by atoms with E-state index in [2.05, 4.69) is 0 Å². The first kappa shape index (κ1) is 14.5. The molecule has 0 atom stereocenters. The first-order valence-electron chi connectivity index (χ1n) is 5.74. The van der Waals surface area contributed by atoms with E-state index >= 15 is 0 Å². The zero-order chi connectivity index (χ0) is 13.4. The van der Waals surface area contributed by atoms with E-state index in [1.165, 1.54) is 0 Å². The van der Waals surface area contributed by atoms with Crippen molar-refractivity contribution >= 4 is 6.08 Å². The zero-order valence-electron chi connectivity index (χ0n) is 11.3. The summed E-state index contributed by atoms with van der Waals surface area (Å²) < 4.78 is 21.0. The van der Waals surface area contributed by atoms with Crippen LogP contribution in [0.3, 0.4) is 0 Å². The lowest BCUT2D eigenvalue weighted by Crippen LogP contribution is -2.22. The lowest BCUT2D eigenvalue weighted by Gasteiger charge is -2.16. The maximum Gasteiger partial charge on any atom is 0.191 e. The lowest BCUT2D eigenvalue weighted by atomic mass is 10.2. The molecule has 0 aliphatic heterocycles. The van der Waals surface area contributed by atoms with Crippen LogP contribution in [-0.2, 0) is 9.47 Å². The smallest absolute Gasteiger partial charge is 0.191 e. The van der Waals surface area contributed by atoms with Crippen LogP contribution in [0.5, 0.6) is 11.5 Å². The minimum atomic E-state index is -0.384. The molecule has 0 radical (unpaired) electrons. The van der Waals surface area contributed by atoms with Crippen LogP contribution in [0.4, 0.5) is 0 Å². The van der Waals surface area contributed by atoms with Crippen LogP contribution in [0, 0.1) is 0 Å². The van der Waals surface area contributed by atoms with Crippen LogP contribution < -0.4 is 9.47 Å². The lowest BCUT2D eigenvalue weighted by molar-refractivity contribution is -0.122. The molecule has 0 bridgehead atoms. The molecular formula is C14H20O4. The van der Waals surface area contributed by atoms with Crippen molar-refractivity contribution in [3.8, 4) is 11.5 Å². The van der Waals surface area contributed by atoms with E-state index in [4.69, 9.17) is 18.9 Å². The fraction of sp³-hybridized carbons (Fsp3) is 0.429. The van der Waals surface area contributed by atoms with Crippen LogP contribution in [0.2, 0.25) is 0 Å². The second kappa shape index (κ2) is 7.74. The molecule has 0 N–H and O–H groups in total. The molecular weight excluding hydrogens is 232 g/mol. The first-order valence-corrected chi connectivity index (χ1v) is 5.74. The number of methoxy groups -OCH3 is 3. The fourth-order valence-corrected chi connectivity index (χ4v) is 1.49. The van der Waals surface area contributed by atoms with Gasteiger partial charge in [0.1, 0.15) is 6.61 Å². The van der Waals surface area contributed by atoms with Crippen molar-refractivity contribution in [1.29, 1.82) is 0 Å². The summed E-state index contributed by atoms with van der Waals surface area (Å²) >= 11 is 0. The molecule has 0 saturated carbocycles. The van der Waals surface area contributed by atoms with E-state index in [0.717, 1.165) is 5.56 Å². The first-order chi connectivity index (χ1) is 8.74. The third kappa shape index (κ3) is 4.05. The highest BCUT2D eigenvalue weighted by molar-refractivity contribution is 5.55. The summed E-state index contributed by atoms with van der Waals surface area (Å²) in [5, 5.41) is 0. The van der Waals surface area contributed by atoms with Crippen molar-refractivity contribution in [2.45, 2.75) is 13.2 Å². The molecule has 0 heterocycles. The molecule has 4 heteroatoms. The van der Waals surface area contributed by atoms with E-state index in [-0.39, 0.29) is 6.29 Å². The molecule has 100 valence electrons. The highest BCUT2D eigenvalue weighted by Gasteiger charge is 2.09. The second-order valence-electron chi connectivity index (χ2n) is 3.62. The van der Waals surface area contributed by atoms with E-state index in [1.54, 1.807) is 21.3 Å². The van der Waals surface area contributed by atoms with E-state index < -0.39 is 0 Å². The van der Waals surface area contributed by atoms with Crippen molar-refractivity contribution in [1.82, 2.24) is 0 Å². The van der Waals surface area contributed by atoms with Crippen molar-refractivity contribution in [3.63, 3.8) is 0 Å². The fourth-order valence-electron chi connectivity index (χ4n) is 1.49. The van der Waals surface area contributed by atoms with Gasteiger partial charge >= 0.3 is 0 Å². The molecule has 1 rings (SSSR count). The number of allylic oxidation sites excluding steroid dienone is 1. The van der Waals surface area contributed by atoms with Crippen molar-refractivity contribution in [3.05, 3.63) is 29.8 Å². The topological polar surface area (TPSA) is 36.9 Å². The van der Waals surface area contributed by atoms with Gasteiger partial charge in [0.05, 0.1) is 7.11 Å². The van der Waals surface area contributed by atoms with Crippen molar-refractivity contribution in [2.24, 2.45) is 0 Å². The molecule has 0 unspecified atom stereocenters. The monoisotopic (exact) mass is 252 g/mol. The maximum atomic E-state index is 5.61. The molecule has 1 aromatic carbocycles. The molecule has 4 nitrogen and oxygen atoms in total. The van der Waals surface area contributed by atoms with Crippen LogP contribution in [-0.4, -0.2) is 34.2 Å². The minimum absolute atomic E-state index is 0.312. The summed E-state index contributed by atoms with van der Waals surface area (Å²) in [7, 11) is 4.76. The standard InChI is InChI=1S/C14H20O4/c1-5-6-11-7-8-12(13(9-11)15-2)18-10-14(16-3)17-4/h5-9,14H,10H2,1-4H3. The molecule has 0 saturated heterocycles. The van der Waals surface area contributed by atoms with E-state index in [1.807, 2.05) is 37.3 Å². The van der Waals surface area contributed by atoms with Gasteiger partial charge in [0, 0.05) is 14.2 Å². The average Bonchev–Trinajstić information content (AvgIpc) is 2.41. The third-order valence-electron chi connectivity index (χ3n) is 2.45. The summed E-state index contributed by atoms with van der Waals surface area (Å²) in [4.78, 5) is 0. The molecule has 0 fully saturated rings. The maximum absolute atomic E-state index is 5.61. The number of ether oxygens (including phenoxy) is 4. The SMILES string of the molecule is CC=Cc1ccc(OCC(OC)OC)c(OC)c1. The van der Waals surface area contributed by atoms with Gasteiger partial charge in [-0.25, -0.2) is 0 Å². The molecule has 0 amide bonds. The van der Waals surface area contributed by atoms with E-state index in [9.17, 15) is 0 Å². The van der Waals surface area contributed by atoms with Gasteiger partial charge in [0.25, 0.3) is 0 Å². The Balaban J connectivity index is 2.76. The van der Waals surface area contributed by atoms with Crippen LogP contribution in [0.1, 0.15) is 12.5 Å². The Hall–Kier alpha value is -1.52. The zero-order valence-corrected chi connectivity index (χ0v) is 11.3. The molecule has 1 aromatic rings. The minimum Gasteiger partial charge on any atom is -0.493 e. The Kier molecular flexibility index (Phi) is 6.25. The van der Waals surface area contributed by atoms with Gasteiger partial charge in [-0.3, -0.25) is 0 Å². The van der Waals surface area contributed by atoms with Gasteiger partial charge in [0.15, 0.2) is 17.8 Å². The largest absolute Gasteiger partial charge is 0.493 e.